The first-order valence-corrected chi connectivity index (χ1v) is 11.0. The molecule has 0 radical (unpaired) electrons. The second-order valence-corrected chi connectivity index (χ2v) is 9.51. The highest BCUT2D eigenvalue weighted by atomic mass is 32.1. The molecule has 0 N–H and O–H groups in total. The van der Waals surface area contributed by atoms with Crippen molar-refractivity contribution in [2.75, 3.05) is 0 Å². The number of aromatic nitrogens is 3. The van der Waals surface area contributed by atoms with Gasteiger partial charge in [-0.3, -0.25) is 0 Å². The third kappa shape index (κ3) is 2.17. The van der Waals surface area contributed by atoms with E-state index in [1.54, 1.807) is 0 Å². The van der Waals surface area contributed by atoms with Crippen LogP contribution in [0, 0.1) is 12.8 Å². The summed E-state index contributed by atoms with van der Waals surface area (Å²) in [6, 6.07) is 4.42. The smallest absolute Gasteiger partial charge is 0.216 e. The number of fused-ring (bicyclic) bond motifs is 3. The monoisotopic (exact) mass is 390 g/mol. The molecule has 0 amide bonds. The van der Waals surface area contributed by atoms with Crippen LogP contribution < -0.4 is 4.57 Å². The van der Waals surface area contributed by atoms with E-state index in [0.29, 0.717) is 0 Å². The zero-order valence-electron chi connectivity index (χ0n) is 16.6. The van der Waals surface area contributed by atoms with E-state index < -0.39 is 0 Å². The van der Waals surface area contributed by atoms with Gasteiger partial charge in [0.25, 0.3) is 0 Å². The minimum absolute atomic E-state index is 0.795. The summed E-state index contributed by atoms with van der Waals surface area (Å²) in [5.74, 6) is 0.795. The fraction of sp³-hybridized carbons (Fsp3) is 0.391. The summed E-state index contributed by atoms with van der Waals surface area (Å²) in [5.41, 5.74) is 5.79. The molecule has 0 spiro atoms. The molecule has 0 atom stereocenters. The lowest BCUT2D eigenvalue weighted by Gasteiger charge is -2.12. The summed E-state index contributed by atoms with van der Waals surface area (Å²) in [6.45, 7) is 2.22. The molecule has 142 valence electrons. The van der Waals surface area contributed by atoms with Crippen molar-refractivity contribution >= 4 is 54.5 Å². The average molecular weight is 391 g/mol. The summed E-state index contributed by atoms with van der Waals surface area (Å²) < 4.78 is 11.0. The molecule has 1 fully saturated rings. The number of benzene rings is 1. The van der Waals surface area contributed by atoms with Gasteiger partial charge in [0.05, 0.1) is 33.6 Å². The van der Waals surface area contributed by atoms with Crippen molar-refractivity contribution in [1.29, 1.82) is 0 Å². The molecule has 0 aliphatic heterocycles. The summed E-state index contributed by atoms with van der Waals surface area (Å²) >= 11 is 1.83. The van der Waals surface area contributed by atoms with Crippen molar-refractivity contribution in [3.8, 4) is 0 Å². The molecular weight excluding hydrogens is 366 g/mol. The lowest BCUT2D eigenvalue weighted by Crippen LogP contribution is -2.24. The first kappa shape index (κ1) is 16.5. The normalized spacial score (nSPS) is 15.8. The first-order valence-electron chi connectivity index (χ1n) is 10.2. The first-order chi connectivity index (χ1) is 13.6. The van der Waals surface area contributed by atoms with Crippen LogP contribution in [0.2, 0.25) is 0 Å². The van der Waals surface area contributed by atoms with Crippen LogP contribution in [0.15, 0.2) is 29.1 Å². The lowest BCUT2D eigenvalue weighted by atomic mass is 10.0. The van der Waals surface area contributed by atoms with Gasteiger partial charge in [0, 0.05) is 18.5 Å². The number of hydrogen-bond donors (Lipinski definition) is 0. The number of aryl methyl sites for hydroxylation is 3. The van der Waals surface area contributed by atoms with Crippen molar-refractivity contribution in [2.24, 2.45) is 20.0 Å². The van der Waals surface area contributed by atoms with Gasteiger partial charge in [0.15, 0.2) is 11.8 Å². The average Bonchev–Trinajstić information content (AvgIpc) is 3.40. The molecular formula is C23H24N3OS+. The Kier molecular flexibility index (Phi) is 3.43. The van der Waals surface area contributed by atoms with E-state index in [1.807, 2.05) is 17.7 Å². The Bertz CT molecular complexity index is 1380. The Hall–Kier alpha value is -2.40. The molecule has 4 aromatic heterocycles. The number of hydrogen-bond acceptors (Lipinski definition) is 3. The number of thiophene rings is 1. The van der Waals surface area contributed by atoms with E-state index in [1.165, 1.54) is 63.3 Å². The third-order valence-electron chi connectivity index (χ3n) is 6.66. The topological polar surface area (TPSA) is 34.8 Å². The van der Waals surface area contributed by atoms with Gasteiger partial charge in [0.1, 0.15) is 17.5 Å². The van der Waals surface area contributed by atoms with Gasteiger partial charge >= 0.3 is 0 Å². The van der Waals surface area contributed by atoms with Gasteiger partial charge in [-0.25, -0.2) is 9.55 Å². The summed E-state index contributed by atoms with van der Waals surface area (Å²) in [7, 11) is 4.20. The summed E-state index contributed by atoms with van der Waals surface area (Å²) in [5, 5.41) is 3.71. The van der Waals surface area contributed by atoms with E-state index in [4.69, 9.17) is 9.40 Å². The van der Waals surface area contributed by atoms with Gasteiger partial charge in [-0.05, 0) is 24.8 Å². The van der Waals surface area contributed by atoms with E-state index in [2.05, 4.69) is 48.5 Å². The SMILES string of the molecule is Cc1c2cc[n+](C)c2cc2oc3c(CC4CCCC4)sc4ncn(C)c(c12)c43. The van der Waals surface area contributed by atoms with E-state index in [0.717, 1.165) is 28.3 Å². The quantitative estimate of drug-likeness (QED) is 0.292. The van der Waals surface area contributed by atoms with Gasteiger partial charge < -0.3 is 8.98 Å². The molecule has 4 heterocycles. The Morgan fingerprint density at radius 3 is 2.93 bits per heavy atom. The molecule has 28 heavy (non-hydrogen) atoms. The second kappa shape index (κ2) is 5.80. The highest BCUT2D eigenvalue weighted by Gasteiger charge is 2.25. The lowest BCUT2D eigenvalue weighted by molar-refractivity contribution is -0.642. The van der Waals surface area contributed by atoms with Crippen molar-refractivity contribution in [2.45, 2.75) is 39.0 Å². The Balaban J connectivity index is 1.75. The van der Waals surface area contributed by atoms with Gasteiger partial charge in [0.2, 0.25) is 5.52 Å². The summed E-state index contributed by atoms with van der Waals surface area (Å²) in [6.07, 6.45) is 10.7. The Morgan fingerprint density at radius 1 is 1.29 bits per heavy atom. The fourth-order valence-corrected chi connectivity index (χ4v) is 6.36. The predicted octanol–water partition coefficient (Wildman–Crippen LogP) is 5.55. The molecule has 0 bridgehead atoms. The van der Waals surface area contributed by atoms with Crippen LogP contribution in [0.4, 0.5) is 0 Å². The molecule has 4 nitrogen and oxygen atoms in total. The molecule has 1 aliphatic rings. The van der Waals surface area contributed by atoms with Gasteiger partial charge in [-0.2, -0.15) is 0 Å². The Morgan fingerprint density at radius 2 is 2.11 bits per heavy atom. The van der Waals surface area contributed by atoms with E-state index in [-0.39, 0.29) is 0 Å². The standard InChI is InChI=1S/C23H24N3OS/c1-13-15-8-9-25(2)16(15)11-17-19(13)21-20-22(27-17)18(10-14-6-4-5-7-14)28-23(20)24-12-26(21)3/h8-9,11-12,14H,4-7,10H2,1-3H3/q+1. The van der Waals surface area contributed by atoms with Crippen LogP contribution in [-0.4, -0.2) is 9.55 Å². The molecule has 0 saturated heterocycles. The van der Waals surface area contributed by atoms with Crippen LogP contribution >= 0.6 is 11.3 Å². The highest BCUT2D eigenvalue weighted by molar-refractivity contribution is 7.19. The molecule has 1 aliphatic carbocycles. The maximum absolute atomic E-state index is 6.64. The maximum atomic E-state index is 6.64. The van der Waals surface area contributed by atoms with Crippen LogP contribution in [0.5, 0.6) is 0 Å². The van der Waals surface area contributed by atoms with Gasteiger partial charge in [-0.15, -0.1) is 11.3 Å². The van der Waals surface area contributed by atoms with Crippen LogP contribution in [0.3, 0.4) is 0 Å². The minimum atomic E-state index is 0.795. The van der Waals surface area contributed by atoms with Crippen molar-refractivity contribution in [3.63, 3.8) is 0 Å². The largest absolute Gasteiger partial charge is 0.454 e. The zero-order chi connectivity index (χ0) is 19.0. The number of rotatable bonds is 2. The molecule has 1 saturated carbocycles. The predicted molar refractivity (Wildman–Crippen MR) is 115 cm³/mol. The Labute approximate surface area is 167 Å². The van der Waals surface area contributed by atoms with Crippen molar-refractivity contribution in [3.05, 3.63) is 35.1 Å². The van der Waals surface area contributed by atoms with E-state index >= 15 is 0 Å². The second-order valence-electron chi connectivity index (χ2n) is 8.43. The van der Waals surface area contributed by atoms with E-state index in [9.17, 15) is 0 Å². The van der Waals surface area contributed by atoms with Crippen LogP contribution in [0.1, 0.15) is 36.1 Å². The van der Waals surface area contributed by atoms with Gasteiger partial charge in [-0.1, -0.05) is 25.7 Å². The van der Waals surface area contributed by atoms with Crippen molar-refractivity contribution in [1.82, 2.24) is 9.55 Å². The molecule has 0 unspecified atom stereocenters. The molecule has 6 rings (SSSR count). The van der Waals surface area contributed by atoms with Crippen LogP contribution in [0.25, 0.3) is 43.2 Å². The molecule has 5 aromatic rings. The number of nitrogens with zero attached hydrogens (tertiary/aromatic N) is 3. The van der Waals surface area contributed by atoms with Crippen LogP contribution in [-0.2, 0) is 20.5 Å². The fourth-order valence-electron chi connectivity index (χ4n) is 5.18. The minimum Gasteiger partial charge on any atom is -0.454 e. The third-order valence-corrected chi connectivity index (χ3v) is 7.76. The summed E-state index contributed by atoms with van der Waals surface area (Å²) in [4.78, 5) is 7.22. The highest BCUT2D eigenvalue weighted by Crippen LogP contribution is 2.43. The molecule has 1 aromatic carbocycles. The maximum Gasteiger partial charge on any atom is 0.216 e. The zero-order valence-corrected chi connectivity index (χ0v) is 17.4. The molecule has 5 heteroatoms. The van der Waals surface area contributed by atoms with Crippen molar-refractivity contribution < 1.29 is 8.98 Å².